The zero-order valence-corrected chi connectivity index (χ0v) is 21.2. The summed E-state index contributed by atoms with van der Waals surface area (Å²) in [5.74, 6) is -0.00981. The number of anilines is 3. The highest BCUT2D eigenvalue weighted by molar-refractivity contribution is 7.21. The summed E-state index contributed by atoms with van der Waals surface area (Å²) >= 11 is 1.08. The molecule has 3 amide bonds. The maximum absolute atomic E-state index is 14.3. The quantitative estimate of drug-likeness (QED) is 0.271. The number of piperidine rings is 1. The Hall–Kier alpha value is -4.16. The van der Waals surface area contributed by atoms with E-state index in [0.717, 1.165) is 41.7 Å². The van der Waals surface area contributed by atoms with E-state index in [1.807, 2.05) is 0 Å². The number of urea groups is 1. The van der Waals surface area contributed by atoms with Gasteiger partial charge in [0.1, 0.15) is 21.2 Å². The number of ether oxygens (including phenoxy) is 1. The highest BCUT2D eigenvalue weighted by Crippen LogP contribution is 2.48. The average molecular weight is 554 g/mol. The minimum atomic E-state index is -4.79. The standard InChI is InChI=1S/C27H22F3N5O3S/c28-27(29,30)18-13-17(38-16-6-2-1-3-7-16)8-9-19(18)35-20-10-12-32-25-21(20)22(34-26(35)37)23(39-25)24(36)33-15-5-4-11-31-14-15/h1-3,6-10,12-13,15,31H,4-5,11,14H2,(H,33,36)(H,34,37). The van der Waals surface area contributed by atoms with E-state index in [9.17, 15) is 22.8 Å². The number of para-hydroxylation sites is 1. The fourth-order valence-corrected chi connectivity index (χ4v) is 5.86. The molecule has 2 aromatic carbocycles. The van der Waals surface area contributed by atoms with Crippen molar-refractivity contribution >= 4 is 50.6 Å². The van der Waals surface area contributed by atoms with Crippen LogP contribution in [-0.2, 0) is 6.18 Å². The molecule has 12 heteroatoms. The van der Waals surface area contributed by atoms with Crippen molar-refractivity contribution in [2.24, 2.45) is 0 Å². The molecule has 0 bridgehead atoms. The Morgan fingerprint density at radius 2 is 1.92 bits per heavy atom. The van der Waals surface area contributed by atoms with Gasteiger partial charge < -0.3 is 20.7 Å². The van der Waals surface area contributed by atoms with Gasteiger partial charge in [0, 0.05) is 18.8 Å². The topological polar surface area (TPSA) is 95.6 Å². The van der Waals surface area contributed by atoms with E-state index in [0.29, 0.717) is 22.5 Å². The summed E-state index contributed by atoms with van der Waals surface area (Å²) in [6.45, 7) is 1.53. The van der Waals surface area contributed by atoms with Gasteiger partial charge in [-0.05, 0) is 55.8 Å². The van der Waals surface area contributed by atoms with E-state index in [2.05, 4.69) is 20.9 Å². The molecule has 0 spiro atoms. The second-order valence-corrected chi connectivity index (χ2v) is 10.2. The van der Waals surface area contributed by atoms with Gasteiger partial charge in [-0.25, -0.2) is 9.78 Å². The molecule has 0 radical (unpaired) electrons. The molecule has 8 nitrogen and oxygen atoms in total. The van der Waals surface area contributed by atoms with E-state index in [4.69, 9.17) is 4.74 Å². The molecule has 39 heavy (non-hydrogen) atoms. The number of aromatic nitrogens is 1. The van der Waals surface area contributed by atoms with Gasteiger partial charge in [-0.1, -0.05) is 18.2 Å². The number of rotatable bonds is 5. The summed E-state index contributed by atoms with van der Waals surface area (Å²) in [4.78, 5) is 32.5. The first-order valence-corrected chi connectivity index (χ1v) is 13.1. The molecule has 1 unspecified atom stereocenters. The van der Waals surface area contributed by atoms with Crippen LogP contribution in [0.4, 0.5) is 35.0 Å². The zero-order valence-electron chi connectivity index (χ0n) is 20.3. The van der Waals surface area contributed by atoms with Gasteiger partial charge in [0.25, 0.3) is 5.91 Å². The van der Waals surface area contributed by atoms with E-state index in [-0.39, 0.29) is 39.6 Å². The third-order valence-electron chi connectivity index (χ3n) is 6.58. The van der Waals surface area contributed by atoms with E-state index < -0.39 is 17.8 Å². The number of alkyl halides is 3. The summed E-state index contributed by atoms with van der Waals surface area (Å²) < 4.78 is 48.5. The molecule has 2 aliphatic rings. The van der Waals surface area contributed by atoms with E-state index in [1.54, 1.807) is 30.3 Å². The zero-order chi connectivity index (χ0) is 27.1. The van der Waals surface area contributed by atoms with Gasteiger partial charge in [-0.3, -0.25) is 9.69 Å². The van der Waals surface area contributed by atoms with Crippen molar-refractivity contribution < 1.29 is 27.5 Å². The van der Waals surface area contributed by atoms with Crippen molar-refractivity contribution in [2.75, 3.05) is 23.3 Å². The molecule has 6 rings (SSSR count). The molecule has 200 valence electrons. The van der Waals surface area contributed by atoms with Crippen molar-refractivity contribution in [1.82, 2.24) is 15.6 Å². The first-order valence-electron chi connectivity index (χ1n) is 12.3. The molecule has 2 aliphatic heterocycles. The van der Waals surface area contributed by atoms with Crippen LogP contribution in [0, 0.1) is 0 Å². The highest BCUT2D eigenvalue weighted by atomic mass is 32.1. The van der Waals surface area contributed by atoms with Crippen molar-refractivity contribution in [3.8, 4) is 11.5 Å². The monoisotopic (exact) mass is 553 g/mol. The fourth-order valence-electron chi connectivity index (χ4n) is 4.83. The number of nitrogens with one attached hydrogen (secondary N) is 3. The average Bonchev–Trinajstić information content (AvgIpc) is 3.29. The van der Waals surface area contributed by atoms with Crippen LogP contribution in [0.5, 0.6) is 11.5 Å². The van der Waals surface area contributed by atoms with Crippen molar-refractivity contribution in [3.63, 3.8) is 0 Å². The minimum absolute atomic E-state index is 0.0260. The van der Waals surface area contributed by atoms with Gasteiger partial charge >= 0.3 is 12.2 Å². The van der Waals surface area contributed by atoms with Gasteiger partial charge in [0.2, 0.25) is 0 Å². The lowest BCUT2D eigenvalue weighted by molar-refractivity contribution is -0.137. The first-order chi connectivity index (χ1) is 18.8. The minimum Gasteiger partial charge on any atom is -0.457 e. The van der Waals surface area contributed by atoms with Crippen LogP contribution < -0.4 is 25.6 Å². The molecule has 4 aromatic rings. The number of hydrogen-bond acceptors (Lipinski definition) is 6. The van der Waals surface area contributed by atoms with Crippen LogP contribution in [0.2, 0.25) is 0 Å². The summed E-state index contributed by atoms with van der Waals surface area (Å²) in [5, 5.41) is 9.28. The summed E-state index contributed by atoms with van der Waals surface area (Å²) in [6.07, 6.45) is -1.62. The molecule has 0 saturated carbocycles. The Kier molecular flexibility index (Phi) is 6.35. The Bertz CT molecular complexity index is 1570. The molecular weight excluding hydrogens is 531 g/mol. The van der Waals surface area contributed by atoms with Crippen LogP contribution >= 0.6 is 11.3 Å². The van der Waals surface area contributed by atoms with Gasteiger partial charge in [0.05, 0.1) is 28.0 Å². The Balaban J connectivity index is 1.40. The third-order valence-corrected chi connectivity index (χ3v) is 7.67. The number of thiophene rings is 1. The summed E-state index contributed by atoms with van der Waals surface area (Å²) in [6, 6.07) is 12.5. The molecule has 2 aromatic heterocycles. The second-order valence-electron chi connectivity index (χ2n) is 9.19. The van der Waals surface area contributed by atoms with Crippen molar-refractivity contribution in [3.05, 3.63) is 71.2 Å². The largest absolute Gasteiger partial charge is 0.457 e. The number of halogens is 3. The third kappa shape index (κ3) is 4.77. The van der Waals surface area contributed by atoms with Crippen LogP contribution in [0.3, 0.4) is 0 Å². The van der Waals surface area contributed by atoms with E-state index >= 15 is 0 Å². The van der Waals surface area contributed by atoms with Gasteiger partial charge in [-0.15, -0.1) is 11.3 Å². The Morgan fingerprint density at radius 1 is 1.10 bits per heavy atom. The number of nitrogens with zero attached hydrogens (tertiary/aromatic N) is 2. The molecule has 1 fully saturated rings. The molecule has 3 N–H and O–H groups in total. The molecule has 1 atom stereocenters. The van der Waals surface area contributed by atoms with Crippen LogP contribution in [0.15, 0.2) is 60.8 Å². The second kappa shape index (κ2) is 9.86. The maximum Gasteiger partial charge on any atom is 0.418 e. The van der Waals surface area contributed by atoms with Crippen LogP contribution in [0.25, 0.3) is 10.2 Å². The summed E-state index contributed by atoms with van der Waals surface area (Å²) in [7, 11) is 0. The highest BCUT2D eigenvalue weighted by Gasteiger charge is 2.40. The van der Waals surface area contributed by atoms with E-state index in [1.165, 1.54) is 24.4 Å². The normalized spacial score (nSPS) is 17.2. The van der Waals surface area contributed by atoms with Crippen LogP contribution in [0.1, 0.15) is 28.1 Å². The molecular formula is C27H22F3N5O3S. The number of pyridine rings is 1. The lowest BCUT2D eigenvalue weighted by Crippen LogP contribution is -2.45. The lowest BCUT2D eigenvalue weighted by atomic mass is 10.1. The van der Waals surface area contributed by atoms with Crippen molar-refractivity contribution in [2.45, 2.75) is 25.1 Å². The number of carbonyl (C=O) groups is 2. The SMILES string of the molecule is O=C(NC1CCCNC1)c1sc2nccc3c2c1NC(=O)N3c1ccc(Oc2ccccc2)cc1C(F)(F)F. The fraction of sp³-hybridized carbons (Fsp3) is 0.222. The predicted molar refractivity (Wildman–Crippen MR) is 142 cm³/mol. The number of hydrogen-bond donors (Lipinski definition) is 3. The number of carbonyl (C=O) groups excluding carboxylic acids is 2. The Morgan fingerprint density at radius 3 is 2.67 bits per heavy atom. The van der Waals surface area contributed by atoms with Crippen LogP contribution in [-0.4, -0.2) is 36.1 Å². The Labute approximate surface area is 224 Å². The summed E-state index contributed by atoms with van der Waals surface area (Å²) in [5.41, 5.74) is -0.963. The predicted octanol–water partition coefficient (Wildman–Crippen LogP) is 6.27. The number of benzene rings is 2. The molecule has 4 heterocycles. The molecule has 0 aliphatic carbocycles. The van der Waals surface area contributed by atoms with Crippen molar-refractivity contribution in [1.29, 1.82) is 0 Å². The maximum atomic E-state index is 14.3. The lowest BCUT2D eigenvalue weighted by Gasteiger charge is -2.30. The smallest absolute Gasteiger partial charge is 0.418 e. The first kappa shape index (κ1) is 25.1. The van der Waals surface area contributed by atoms with Gasteiger partial charge in [0.15, 0.2) is 0 Å². The number of amides is 3. The molecule has 1 saturated heterocycles. The van der Waals surface area contributed by atoms with Gasteiger partial charge in [-0.2, -0.15) is 13.2 Å².